The van der Waals surface area contributed by atoms with Crippen LogP contribution < -0.4 is 5.32 Å². The Morgan fingerprint density at radius 3 is 2.30 bits per heavy atom. The van der Waals surface area contributed by atoms with E-state index in [0.717, 1.165) is 0 Å². The SMILES string of the molecule is CC(C)(C)OCCN1CCC(=O)NC(C(C)(C)C)C1=O. The third kappa shape index (κ3) is 5.12. The van der Waals surface area contributed by atoms with Crippen molar-refractivity contribution in [1.82, 2.24) is 10.2 Å². The van der Waals surface area contributed by atoms with Crippen LogP contribution in [0.3, 0.4) is 0 Å². The van der Waals surface area contributed by atoms with Crippen LogP contribution in [0, 0.1) is 5.41 Å². The molecule has 20 heavy (non-hydrogen) atoms. The number of ether oxygens (including phenoxy) is 1. The van der Waals surface area contributed by atoms with Crippen molar-refractivity contribution in [3.05, 3.63) is 0 Å². The lowest BCUT2D eigenvalue weighted by molar-refractivity contribution is -0.137. The van der Waals surface area contributed by atoms with E-state index in [2.05, 4.69) is 5.32 Å². The van der Waals surface area contributed by atoms with Gasteiger partial charge in [-0.05, 0) is 26.2 Å². The summed E-state index contributed by atoms with van der Waals surface area (Å²) in [6.07, 6.45) is 0.355. The molecule has 0 bridgehead atoms. The molecule has 0 spiro atoms. The lowest BCUT2D eigenvalue weighted by Gasteiger charge is -2.32. The van der Waals surface area contributed by atoms with Crippen molar-refractivity contribution in [3.63, 3.8) is 0 Å². The third-order valence-corrected chi connectivity index (χ3v) is 3.24. The molecule has 0 aromatic heterocycles. The molecule has 1 fully saturated rings. The lowest BCUT2D eigenvalue weighted by atomic mass is 9.86. The summed E-state index contributed by atoms with van der Waals surface area (Å²) in [4.78, 5) is 26.0. The van der Waals surface area contributed by atoms with E-state index in [-0.39, 0.29) is 22.8 Å². The quantitative estimate of drug-likeness (QED) is 0.855. The second kappa shape index (κ2) is 6.12. The molecule has 1 heterocycles. The van der Waals surface area contributed by atoms with Crippen molar-refractivity contribution in [1.29, 1.82) is 0 Å². The topological polar surface area (TPSA) is 58.6 Å². The summed E-state index contributed by atoms with van der Waals surface area (Å²) in [7, 11) is 0. The molecule has 0 aromatic rings. The van der Waals surface area contributed by atoms with Gasteiger partial charge in [0.2, 0.25) is 11.8 Å². The molecule has 1 atom stereocenters. The van der Waals surface area contributed by atoms with E-state index in [0.29, 0.717) is 26.1 Å². The van der Waals surface area contributed by atoms with Gasteiger partial charge in [-0.3, -0.25) is 9.59 Å². The van der Waals surface area contributed by atoms with Crippen molar-refractivity contribution in [3.8, 4) is 0 Å². The van der Waals surface area contributed by atoms with Gasteiger partial charge in [-0.1, -0.05) is 20.8 Å². The Morgan fingerprint density at radius 2 is 1.80 bits per heavy atom. The van der Waals surface area contributed by atoms with Gasteiger partial charge in [0.25, 0.3) is 0 Å². The van der Waals surface area contributed by atoms with Crippen molar-refractivity contribution in [2.24, 2.45) is 5.41 Å². The second-order valence-electron chi connectivity index (χ2n) is 7.40. The van der Waals surface area contributed by atoms with Gasteiger partial charge < -0.3 is 15.0 Å². The molecule has 1 saturated heterocycles. The van der Waals surface area contributed by atoms with Crippen LogP contribution in [0.2, 0.25) is 0 Å². The minimum Gasteiger partial charge on any atom is -0.374 e. The zero-order chi connectivity index (χ0) is 15.6. The minimum atomic E-state index is -0.466. The van der Waals surface area contributed by atoms with Gasteiger partial charge >= 0.3 is 0 Å². The van der Waals surface area contributed by atoms with Crippen LogP contribution in [0.15, 0.2) is 0 Å². The van der Waals surface area contributed by atoms with Crippen molar-refractivity contribution in [2.45, 2.75) is 59.6 Å². The minimum absolute atomic E-state index is 0.0131. The van der Waals surface area contributed by atoms with E-state index in [4.69, 9.17) is 4.74 Å². The molecule has 1 unspecified atom stereocenters. The highest BCUT2D eigenvalue weighted by Crippen LogP contribution is 2.23. The maximum Gasteiger partial charge on any atom is 0.245 e. The van der Waals surface area contributed by atoms with E-state index >= 15 is 0 Å². The monoisotopic (exact) mass is 284 g/mol. The average molecular weight is 284 g/mol. The first-order valence-electron chi connectivity index (χ1n) is 7.23. The Hall–Kier alpha value is -1.10. The number of nitrogens with zero attached hydrogens (tertiary/aromatic N) is 1. The Labute approximate surface area is 122 Å². The summed E-state index contributed by atoms with van der Waals surface area (Å²) < 4.78 is 5.67. The van der Waals surface area contributed by atoms with Gasteiger partial charge in [0.1, 0.15) is 6.04 Å². The molecular formula is C15H28N2O3. The predicted molar refractivity (Wildman–Crippen MR) is 78.3 cm³/mol. The smallest absolute Gasteiger partial charge is 0.245 e. The fourth-order valence-corrected chi connectivity index (χ4v) is 2.10. The number of carbonyl (C=O) groups is 2. The number of hydrogen-bond donors (Lipinski definition) is 1. The number of rotatable bonds is 3. The fourth-order valence-electron chi connectivity index (χ4n) is 2.10. The number of nitrogens with one attached hydrogen (secondary N) is 1. The van der Waals surface area contributed by atoms with Crippen molar-refractivity contribution < 1.29 is 14.3 Å². The van der Waals surface area contributed by atoms with Gasteiger partial charge in [0, 0.05) is 19.5 Å². The van der Waals surface area contributed by atoms with Crippen LogP contribution in [0.1, 0.15) is 48.0 Å². The normalized spacial score (nSPS) is 21.7. The molecule has 5 nitrogen and oxygen atoms in total. The van der Waals surface area contributed by atoms with Gasteiger partial charge in [0.05, 0.1) is 12.2 Å². The Bertz CT molecular complexity index is 366. The molecule has 0 aliphatic carbocycles. The maximum absolute atomic E-state index is 12.5. The van der Waals surface area contributed by atoms with Gasteiger partial charge in [-0.15, -0.1) is 0 Å². The molecule has 116 valence electrons. The summed E-state index contributed by atoms with van der Waals surface area (Å²) in [5.41, 5.74) is -0.507. The molecule has 1 N–H and O–H groups in total. The van der Waals surface area contributed by atoms with E-state index in [1.54, 1.807) is 4.90 Å². The summed E-state index contributed by atoms with van der Waals surface area (Å²) in [5.74, 6) is -0.0710. The highest BCUT2D eigenvalue weighted by atomic mass is 16.5. The molecule has 1 rings (SSSR count). The highest BCUT2D eigenvalue weighted by Gasteiger charge is 2.37. The fraction of sp³-hybridized carbons (Fsp3) is 0.867. The van der Waals surface area contributed by atoms with E-state index < -0.39 is 6.04 Å². The largest absolute Gasteiger partial charge is 0.374 e. The van der Waals surface area contributed by atoms with Gasteiger partial charge in [-0.2, -0.15) is 0 Å². The maximum atomic E-state index is 12.5. The van der Waals surface area contributed by atoms with Crippen LogP contribution in [0.4, 0.5) is 0 Å². The molecule has 0 aromatic carbocycles. The van der Waals surface area contributed by atoms with Crippen LogP contribution >= 0.6 is 0 Å². The summed E-state index contributed by atoms with van der Waals surface area (Å²) >= 11 is 0. The summed E-state index contributed by atoms with van der Waals surface area (Å²) in [6, 6.07) is -0.466. The zero-order valence-corrected chi connectivity index (χ0v) is 13.6. The third-order valence-electron chi connectivity index (χ3n) is 3.24. The van der Waals surface area contributed by atoms with Crippen molar-refractivity contribution in [2.75, 3.05) is 19.7 Å². The molecule has 0 radical (unpaired) electrons. The predicted octanol–water partition coefficient (Wildman–Crippen LogP) is 1.56. The molecule has 2 amide bonds. The number of amides is 2. The molecule has 5 heteroatoms. The Morgan fingerprint density at radius 1 is 1.20 bits per heavy atom. The van der Waals surface area contributed by atoms with Crippen LogP contribution in [-0.2, 0) is 14.3 Å². The van der Waals surface area contributed by atoms with Crippen LogP contribution in [-0.4, -0.2) is 48.1 Å². The first kappa shape index (κ1) is 17.0. The zero-order valence-electron chi connectivity index (χ0n) is 13.6. The number of carbonyl (C=O) groups excluding carboxylic acids is 2. The average Bonchev–Trinajstić information content (AvgIpc) is 2.39. The lowest BCUT2D eigenvalue weighted by Crippen LogP contribution is -2.52. The van der Waals surface area contributed by atoms with E-state index in [9.17, 15) is 9.59 Å². The highest BCUT2D eigenvalue weighted by molar-refractivity contribution is 5.90. The molecule has 1 aliphatic rings. The Kier molecular flexibility index (Phi) is 5.19. The van der Waals surface area contributed by atoms with Crippen LogP contribution in [0.25, 0.3) is 0 Å². The van der Waals surface area contributed by atoms with Crippen molar-refractivity contribution >= 4 is 11.8 Å². The van der Waals surface area contributed by atoms with Gasteiger partial charge in [0.15, 0.2) is 0 Å². The standard InChI is InChI=1S/C15H28N2O3/c1-14(2,3)12-13(19)17(8-7-11(18)16-12)9-10-20-15(4,5)6/h12H,7-10H2,1-6H3,(H,16,18). The first-order valence-corrected chi connectivity index (χ1v) is 7.23. The number of hydrogen-bond acceptors (Lipinski definition) is 3. The van der Waals surface area contributed by atoms with Crippen LogP contribution in [0.5, 0.6) is 0 Å². The summed E-state index contributed by atoms with van der Waals surface area (Å²) in [6.45, 7) is 13.3. The molecule has 0 saturated carbocycles. The van der Waals surface area contributed by atoms with Gasteiger partial charge in [-0.25, -0.2) is 0 Å². The second-order valence-corrected chi connectivity index (χ2v) is 7.40. The Balaban J connectivity index is 2.70. The molecule has 1 aliphatic heterocycles. The van der Waals surface area contributed by atoms with E-state index in [1.165, 1.54) is 0 Å². The first-order chi connectivity index (χ1) is 9.00. The molecular weight excluding hydrogens is 256 g/mol. The summed E-state index contributed by atoms with van der Waals surface area (Å²) in [5, 5.41) is 2.83. The van der Waals surface area contributed by atoms with E-state index in [1.807, 2.05) is 41.5 Å².